The molecule has 0 saturated heterocycles. The SMILES string of the molecule is CC(=O)O[C@H]1C[C@@H]2[C@@H]3CCC[C@]3(C)CC[C@@H]2[C@@]2(C)CCCC[C@H]12. The van der Waals surface area contributed by atoms with E-state index >= 15 is 0 Å². The average Bonchev–Trinajstić information content (AvgIpc) is 2.88. The molecule has 0 aromatic heterocycles. The first-order chi connectivity index (χ1) is 10.9. The highest BCUT2D eigenvalue weighted by Crippen LogP contribution is 2.66. The van der Waals surface area contributed by atoms with Crippen molar-refractivity contribution >= 4 is 5.97 Å². The lowest BCUT2D eigenvalue weighted by molar-refractivity contribution is -0.182. The lowest BCUT2D eigenvalue weighted by Crippen LogP contribution is -2.57. The first kappa shape index (κ1) is 16.0. The molecule has 2 heteroatoms. The molecular weight excluding hydrogens is 284 g/mol. The van der Waals surface area contributed by atoms with Gasteiger partial charge in [0.2, 0.25) is 0 Å². The molecule has 0 amide bonds. The second kappa shape index (κ2) is 5.49. The monoisotopic (exact) mass is 318 g/mol. The molecule has 4 aliphatic rings. The first-order valence-corrected chi connectivity index (χ1v) is 10.1. The van der Waals surface area contributed by atoms with Crippen molar-refractivity contribution in [2.24, 2.45) is 34.5 Å². The summed E-state index contributed by atoms with van der Waals surface area (Å²) in [4.78, 5) is 11.7. The van der Waals surface area contributed by atoms with Crippen molar-refractivity contribution in [1.82, 2.24) is 0 Å². The molecular formula is C21H34O2. The van der Waals surface area contributed by atoms with E-state index in [1.54, 1.807) is 6.92 Å². The second-order valence-electron chi connectivity index (χ2n) is 9.70. The van der Waals surface area contributed by atoms with E-state index in [2.05, 4.69) is 13.8 Å². The standard InChI is InChI=1S/C21H34O2/c1-14(22)23-19-13-15-16-8-6-10-20(16,2)12-9-17(15)21(3)11-5-4-7-18(19)21/h15-19H,4-13H2,1-3H3/t15-,16+,17+,18-,19+,20-,21-/m1/s1. The molecule has 0 aliphatic heterocycles. The van der Waals surface area contributed by atoms with Crippen LogP contribution in [0.25, 0.3) is 0 Å². The van der Waals surface area contributed by atoms with Gasteiger partial charge in [-0.25, -0.2) is 0 Å². The van der Waals surface area contributed by atoms with Gasteiger partial charge in [0.15, 0.2) is 0 Å². The minimum Gasteiger partial charge on any atom is -0.462 e. The van der Waals surface area contributed by atoms with Gasteiger partial charge in [-0.1, -0.05) is 33.1 Å². The average molecular weight is 319 g/mol. The molecule has 2 nitrogen and oxygen atoms in total. The van der Waals surface area contributed by atoms with Crippen LogP contribution in [0.5, 0.6) is 0 Å². The number of hydrogen-bond acceptors (Lipinski definition) is 2. The van der Waals surface area contributed by atoms with Crippen molar-refractivity contribution in [3.05, 3.63) is 0 Å². The molecule has 0 radical (unpaired) electrons. The van der Waals surface area contributed by atoms with Crippen molar-refractivity contribution in [3.63, 3.8) is 0 Å². The summed E-state index contributed by atoms with van der Waals surface area (Å²) in [5.74, 6) is 3.13. The Balaban J connectivity index is 1.68. The van der Waals surface area contributed by atoms with Crippen LogP contribution in [0.1, 0.15) is 85.0 Å². The summed E-state index contributed by atoms with van der Waals surface area (Å²) in [6.45, 7) is 6.71. The molecule has 4 aliphatic carbocycles. The van der Waals surface area contributed by atoms with Crippen LogP contribution in [-0.4, -0.2) is 12.1 Å². The summed E-state index contributed by atoms with van der Waals surface area (Å²) in [6, 6.07) is 0. The van der Waals surface area contributed by atoms with Crippen molar-refractivity contribution in [2.45, 2.75) is 91.1 Å². The molecule has 0 heterocycles. The molecule has 7 atom stereocenters. The van der Waals surface area contributed by atoms with E-state index < -0.39 is 0 Å². The summed E-state index contributed by atoms with van der Waals surface area (Å²) in [7, 11) is 0. The van der Waals surface area contributed by atoms with Gasteiger partial charge in [-0.3, -0.25) is 4.79 Å². The number of hydrogen-bond donors (Lipinski definition) is 0. The predicted octanol–water partition coefficient (Wildman–Crippen LogP) is 5.35. The number of esters is 1. The fraction of sp³-hybridized carbons (Fsp3) is 0.952. The van der Waals surface area contributed by atoms with Gasteiger partial charge >= 0.3 is 5.97 Å². The molecule has 0 aromatic carbocycles. The van der Waals surface area contributed by atoms with Gasteiger partial charge < -0.3 is 4.74 Å². The van der Waals surface area contributed by atoms with Gasteiger partial charge in [0, 0.05) is 12.8 Å². The maximum Gasteiger partial charge on any atom is 0.302 e. The molecule has 0 bridgehead atoms. The normalized spacial score (nSPS) is 52.2. The zero-order chi connectivity index (χ0) is 16.2. The molecule has 0 aromatic rings. The van der Waals surface area contributed by atoms with Crippen LogP contribution >= 0.6 is 0 Å². The number of fused-ring (bicyclic) bond motifs is 5. The molecule has 130 valence electrons. The van der Waals surface area contributed by atoms with Gasteiger partial charge in [-0.05, 0) is 73.5 Å². The maximum atomic E-state index is 11.7. The third-order valence-corrected chi connectivity index (χ3v) is 8.66. The zero-order valence-corrected chi connectivity index (χ0v) is 15.3. The molecule has 23 heavy (non-hydrogen) atoms. The van der Waals surface area contributed by atoms with Crippen LogP contribution in [0.15, 0.2) is 0 Å². The van der Waals surface area contributed by atoms with Crippen LogP contribution in [0.4, 0.5) is 0 Å². The van der Waals surface area contributed by atoms with Crippen molar-refractivity contribution < 1.29 is 9.53 Å². The van der Waals surface area contributed by atoms with Gasteiger partial charge in [0.1, 0.15) is 6.10 Å². The highest BCUT2D eigenvalue weighted by molar-refractivity contribution is 5.66. The molecule has 0 N–H and O–H groups in total. The summed E-state index contributed by atoms with van der Waals surface area (Å²) in [6.07, 6.45) is 13.8. The second-order valence-corrected chi connectivity index (χ2v) is 9.70. The summed E-state index contributed by atoms with van der Waals surface area (Å²) < 4.78 is 5.92. The van der Waals surface area contributed by atoms with E-state index in [1.165, 1.54) is 57.8 Å². The summed E-state index contributed by atoms with van der Waals surface area (Å²) in [5, 5.41) is 0. The number of rotatable bonds is 1. The first-order valence-electron chi connectivity index (χ1n) is 10.1. The smallest absolute Gasteiger partial charge is 0.302 e. The quantitative estimate of drug-likeness (QED) is 0.609. The van der Waals surface area contributed by atoms with Gasteiger partial charge in [0.25, 0.3) is 0 Å². The van der Waals surface area contributed by atoms with E-state index in [-0.39, 0.29) is 12.1 Å². The third-order valence-electron chi connectivity index (χ3n) is 8.66. The van der Waals surface area contributed by atoms with Gasteiger partial charge in [-0.2, -0.15) is 0 Å². The molecule has 4 rings (SSSR count). The maximum absolute atomic E-state index is 11.7. The van der Waals surface area contributed by atoms with Crippen LogP contribution in [-0.2, 0) is 9.53 Å². The van der Waals surface area contributed by atoms with Crippen molar-refractivity contribution in [3.8, 4) is 0 Å². The topological polar surface area (TPSA) is 26.3 Å². The fourth-order valence-electron chi connectivity index (χ4n) is 7.66. The Morgan fingerprint density at radius 2 is 1.70 bits per heavy atom. The van der Waals surface area contributed by atoms with E-state index in [9.17, 15) is 4.79 Å². The van der Waals surface area contributed by atoms with E-state index in [4.69, 9.17) is 4.74 Å². The fourth-order valence-corrected chi connectivity index (χ4v) is 7.66. The van der Waals surface area contributed by atoms with Crippen LogP contribution in [0.3, 0.4) is 0 Å². The van der Waals surface area contributed by atoms with Crippen LogP contribution in [0, 0.1) is 34.5 Å². The van der Waals surface area contributed by atoms with E-state index in [1.807, 2.05) is 0 Å². The Morgan fingerprint density at radius 1 is 0.913 bits per heavy atom. The molecule has 0 unspecified atom stereocenters. The minimum absolute atomic E-state index is 0.0635. The minimum atomic E-state index is -0.0635. The number of carbonyl (C=O) groups excluding carboxylic acids is 1. The lowest BCUT2D eigenvalue weighted by Gasteiger charge is -2.61. The summed E-state index contributed by atoms with van der Waals surface area (Å²) in [5.41, 5.74) is 1.00. The number of carbonyl (C=O) groups is 1. The molecule has 4 fully saturated rings. The predicted molar refractivity (Wildman–Crippen MR) is 91.9 cm³/mol. The van der Waals surface area contributed by atoms with E-state index in [0.717, 1.165) is 24.2 Å². The molecule has 0 spiro atoms. The van der Waals surface area contributed by atoms with Crippen LogP contribution < -0.4 is 0 Å². The van der Waals surface area contributed by atoms with Crippen LogP contribution in [0.2, 0.25) is 0 Å². The third kappa shape index (κ3) is 2.38. The Labute approximate surface area is 141 Å². The Bertz CT molecular complexity index is 486. The highest BCUT2D eigenvalue weighted by atomic mass is 16.5. The highest BCUT2D eigenvalue weighted by Gasteiger charge is 2.60. The number of ether oxygens (including phenoxy) is 1. The summed E-state index contributed by atoms with van der Waals surface area (Å²) >= 11 is 0. The van der Waals surface area contributed by atoms with Crippen molar-refractivity contribution in [2.75, 3.05) is 0 Å². The lowest BCUT2D eigenvalue weighted by atomic mass is 9.45. The largest absolute Gasteiger partial charge is 0.462 e. The van der Waals surface area contributed by atoms with Gasteiger partial charge in [0.05, 0.1) is 0 Å². The zero-order valence-electron chi connectivity index (χ0n) is 15.3. The van der Waals surface area contributed by atoms with Crippen molar-refractivity contribution in [1.29, 1.82) is 0 Å². The Hall–Kier alpha value is -0.530. The Kier molecular flexibility index (Phi) is 3.81. The van der Waals surface area contributed by atoms with Gasteiger partial charge in [-0.15, -0.1) is 0 Å². The Morgan fingerprint density at radius 3 is 2.48 bits per heavy atom. The molecule has 4 saturated carbocycles. The van der Waals surface area contributed by atoms with E-state index in [0.29, 0.717) is 16.7 Å².